The molecule has 6 nitrogen and oxygen atoms in total. The van der Waals surface area contributed by atoms with Gasteiger partial charge in [0.1, 0.15) is 0 Å². The minimum absolute atomic E-state index is 0.0447. The zero-order valence-electron chi connectivity index (χ0n) is 13.0. The third-order valence-corrected chi connectivity index (χ3v) is 3.98. The summed E-state index contributed by atoms with van der Waals surface area (Å²) >= 11 is 0. The minimum Gasteiger partial charge on any atom is -0.408 e. The molecule has 2 atom stereocenters. The molecule has 2 heterocycles. The molecule has 1 aliphatic rings. The molecule has 0 amide bonds. The van der Waals surface area contributed by atoms with E-state index in [0.29, 0.717) is 18.5 Å². The highest BCUT2D eigenvalue weighted by atomic mass is 16.5. The summed E-state index contributed by atoms with van der Waals surface area (Å²) in [5.74, 6) is 0.557. The molecule has 1 aromatic carbocycles. The van der Waals surface area contributed by atoms with Gasteiger partial charge in [-0.25, -0.2) is 0 Å². The molecule has 0 aliphatic carbocycles. The highest BCUT2D eigenvalue weighted by Gasteiger charge is 2.32. The second-order valence-corrected chi connectivity index (χ2v) is 5.40. The number of rotatable bonds is 5. The summed E-state index contributed by atoms with van der Waals surface area (Å²) in [6, 6.07) is 11.2. The van der Waals surface area contributed by atoms with E-state index in [2.05, 4.69) is 51.6 Å². The quantitative estimate of drug-likeness (QED) is 0.914. The lowest BCUT2D eigenvalue weighted by Crippen LogP contribution is -2.47. The molecule has 0 saturated carbocycles. The number of morpholine rings is 1. The minimum atomic E-state index is 0.0447. The summed E-state index contributed by atoms with van der Waals surface area (Å²) in [5.41, 5.74) is 1.28. The van der Waals surface area contributed by atoms with E-state index in [1.165, 1.54) is 5.56 Å². The second kappa shape index (κ2) is 6.89. The van der Waals surface area contributed by atoms with Gasteiger partial charge >= 0.3 is 6.01 Å². The van der Waals surface area contributed by atoms with Gasteiger partial charge in [0, 0.05) is 20.0 Å². The fourth-order valence-corrected chi connectivity index (χ4v) is 2.94. The van der Waals surface area contributed by atoms with Crippen LogP contribution in [0, 0.1) is 6.92 Å². The zero-order chi connectivity index (χ0) is 15.4. The van der Waals surface area contributed by atoms with E-state index in [1.54, 1.807) is 6.92 Å². The standard InChI is InChI=1S/C16H22N4O2/c1-3-20-9-10-21-14(11-17-16-19-18-12(2)22-16)15(20)13-7-5-4-6-8-13/h4-8,14-15H,3,9-11H2,1-2H3,(H,17,19)/t14-,15-/m0/s1. The molecule has 0 bridgehead atoms. The van der Waals surface area contributed by atoms with Gasteiger partial charge in [-0.05, 0) is 12.1 Å². The summed E-state index contributed by atoms with van der Waals surface area (Å²) in [4.78, 5) is 2.45. The first-order valence-electron chi connectivity index (χ1n) is 7.72. The Morgan fingerprint density at radius 3 is 2.77 bits per heavy atom. The third-order valence-electron chi connectivity index (χ3n) is 3.98. The fraction of sp³-hybridized carbons (Fsp3) is 0.500. The summed E-state index contributed by atoms with van der Waals surface area (Å²) in [6.45, 7) is 7.30. The van der Waals surface area contributed by atoms with Crippen LogP contribution < -0.4 is 5.32 Å². The Hall–Kier alpha value is -1.92. The monoisotopic (exact) mass is 302 g/mol. The molecule has 1 aromatic heterocycles. The number of aryl methyl sites for hydroxylation is 1. The molecule has 0 radical (unpaired) electrons. The largest absolute Gasteiger partial charge is 0.408 e. The van der Waals surface area contributed by atoms with Gasteiger partial charge in [-0.15, -0.1) is 5.10 Å². The Kier molecular flexibility index (Phi) is 4.70. The third kappa shape index (κ3) is 3.28. The Balaban J connectivity index is 1.74. The van der Waals surface area contributed by atoms with E-state index in [1.807, 2.05) is 6.07 Å². The van der Waals surface area contributed by atoms with E-state index < -0.39 is 0 Å². The van der Waals surface area contributed by atoms with Crippen LogP contribution in [0.15, 0.2) is 34.7 Å². The first kappa shape index (κ1) is 15.0. The van der Waals surface area contributed by atoms with E-state index in [4.69, 9.17) is 9.15 Å². The number of aromatic nitrogens is 2. The highest BCUT2D eigenvalue weighted by molar-refractivity contribution is 5.23. The number of hydrogen-bond donors (Lipinski definition) is 1. The van der Waals surface area contributed by atoms with Crippen LogP contribution in [0.4, 0.5) is 6.01 Å². The van der Waals surface area contributed by atoms with E-state index in [-0.39, 0.29) is 12.1 Å². The number of benzene rings is 1. The lowest BCUT2D eigenvalue weighted by Gasteiger charge is -2.41. The average molecular weight is 302 g/mol. The van der Waals surface area contributed by atoms with Crippen LogP contribution in [0.25, 0.3) is 0 Å². The maximum absolute atomic E-state index is 6.01. The lowest BCUT2D eigenvalue weighted by molar-refractivity contribution is -0.0641. The predicted octanol–water partition coefficient (Wildman–Crippen LogP) is 2.25. The van der Waals surface area contributed by atoms with Crippen molar-refractivity contribution >= 4 is 6.01 Å². The molecule has 6 heteroatoms. The van der Waals surface area contributed by atoms with E-state index in [9.17, 15) is 0 Å². The smallest absolute Gasteiger partial charge is 0.315 e. The summed E-state index contributed by atoms with van der Waals surface area (Å²) < 4.78 is 11.4. The van der Waals surface area contributed by atoms with Crippen LogP contribution in [0.5, 0.6) is 0 Å². The molecule has 1 saturated heterocycles. The molecule has 2 aromatic rings. The molecule has 22 heavy (non-hydrogen) atoms. The van der Waals surface area contributed by atoms with Crippen LogP contribution in [0.3, 0.4) is 0 Å². The molecular weight excluding hydrogens is 280 g/mol. The highest BCUT2D eigenvalue weighted by Crippen LogP contribution is 2.29. The first-order chi connectivity index (χ1) is 10.8. The van der Waals surface area contributed by atoms with Crippen LogP contribution in [-0.4, -0.2) is 47.4 Å². The Morgan fingerprint density at radius 2 is 2.09 bits per heavy atom. The molecule has 0 spiro atoms. The van der Waals surface area contributed by atoms with Crippen molar-refractivity contribution in [3.63, 3.8) is 0 Å². The van der Waals surface area contributed by atoms with Crippen LogP contribution in [-0.2, 0) is 4.74 Å². The summed E-state index contributed by atoms with van der Waals surface area (Å²) in [6.07, 6.45) is 0.0447. The van der Waals surface area contributed by atoms with Crippen LogP contribution in [0.2, 0.25) is 0 Å². The molecule has 1 fully saturated rings. The maximum atomic E-state index is 6.01. The van der Waals surface area contributed by atoms with Gasteiger partial charge in [0.25, 0.3) is 0 Å². The Labute approximate surface area is 130 Å². The van der Waals surface area contributed by atoms with Crippen molar-refractivity contribution in [1.29, 1.82) is 0 Å². The summed E-state index contributed by atoms with van der Waals surface area (Å²) in [5, 5.41) is 11.0. The van der Waals surface area contributed by atoms with Crippen molar-refractivity contribution in [2.24, 2.45) is 0 Å². The van der Waals surface area contributed by atoms with Gasteiger partial charge in [0.15, 0.2) is 0 Å². The van der Waals surface area contributed by atoms with Crippen LogP contribution >= 0.6 is 0 Å². The molecule has 0 unspecified atom stereocenters. The number of ether oxygens (including phenoxy) is 1. The number of nitrogens with zero attached hydrogens (tertiary/aromatic N) is 3. The van der Waals surface area contributed by atoms with Gasteiger partial charge < -0.3 is 14.5 Å². The summed E-state index contributed by atoms with van der Waals surface area (Å²) in [7, 11) is 0. The van der Waals surface area contributed by atoms with Crippen molar-refractivity contribution in [2.45, 2.75) is 26.0 Å². The van der Waals surface area contributed by atoms with Crippen molar-refractivity contribution in [1.82, 2.24) is 15.1 Å². The predicted molar refractivity (Wildman–Crippen MR) is 83.7 cm³/mol. The lowest BCUT2D eigenvalue weighted by atomic mass is 9.98. The Morgan fingerprint density at radius 1 is 1.27 bits per heavy atom. The molecule has 118 valence electrons. The molecule has 1 aliphatic heterocycles. The molecular formula is C16H22N4O2. The SMILES string of the molecule is CCN1CCO[C@@H](CNc2nnc(C)o2)[C@@H]1c1ccccc1. The normalized spacial score (nSPS) is 22.6. The van der Waals surface area contributed by atoms with Gasteiger partial charge in [0.05, 0.1) is 18.8 Å². The van der Waals surface area contributed by atoms with E-state index in [0.717, 1.165) is 19.7 Å². The van der Waals surface area contributed by atoms with Gasteiger partial charge in [0.2, 0.25) is 5.89 Å². The van der Waals surface area contributed by atoms with Crippen LogP contribution in [0.1, 0.15) is 24.4 Å². The molecule has 1 N–H and O–H groups in total. The van der Waals surface area contributed by atoms with Crippen molar-refractivity contribution in [3.8, 4) is 0 Å². The van der Waals surface area contributed by atoms with Crippen molar-refractivity contribution in [3.05, 3.63) is 41.8 Å². The average Bonchev–Trinajstić information content (AvgIpc) is 2.98. The molecule has 3 rings (SSSR count). The second-order valence-electron chi connectivity index (χ2n) is 5.40. The fourth-order valence-electron chi connectivity index (χ4n) is 2.94. The van der Waals surface area contributed by atoms with Crippen molar-refractivity contribution < 1.29 is 9.15 Å². The number of likely N-dealkylation sites (N-methyl/N-ethyl adjacent to an activating group) is 1. The van der Waals surface area contributed by atoms with E-state index >= 15 is 0 Å². The Bertz CT molecular complexity index is 587. The van der Waals surface area contributed by atoms with Gasteiger partial charge in [-0.1, -0.05) is 42.4 Å². The number of anilines is 1. The number of nitrogens with one attached hydrogen (secondary N) is 1. The number of hydrogen-bond acceptors (Lipinski definition) is 6. The van der Waals surface area contributed by atoms with Crippen molar-refractivity contribution in [2.75, 3.05) is 31.6 Å². The zero-order valence-corrected chi connectivity index (χ0v) is 13.0. The van der Waals surface area contributed by atoms with Gasteiger partial charge in [-0.2, -0.15) is 0 Å². The topological polar surface area (TPSA) is 63.4 Å². The first-order valence-corrected chi connectivity index (χ1v) is 7.72. The maximum Gasteiger partial charge on any atom is 0.315 e. The van der Waals surface area contributed by atoms with Gasteiger partial charge in [-0.3, -0.25) is 4.90 Å².